The van der Waals surface area contributed by atoms with Gasteiger partial charge in [0.15, 0.2) is 0 Å². The van der Waals surface area contributed by atoms with Gasteiger partial charge in [-0.25, -0.2) is 0 Å². The highest BCUT2D eigenvalue weighted by atomic mass is 35.5. The van der Waals surface area contributed by atoms with E-state index in [2.05, 4.69) is 9.69 Å². The molecule has 12 heavy (non-hydrogen) atoms. The van der Waals surface area contributed by atoms with Crippen molar-refractivity contribution in [1.82, 2.24) is 4.37 Å². The smallest absolute Gasteiger partial charge is 0.249 e. The number of rotatable bonds is 3. The van der Waals surface area contributed by atoms with Crippen LogP contribution in [0.4, 0.5) is 5.69 Å². The molecule has 0 aliphatic rings. The minimum atomic E-state index is -0.268. The normalized spacial score (nSPS) is 9.50. The minimum absolute atomic E-state index is 0.0704. The third-order valence-corrected chi connectivity index (χ3v) is 1.98. The van der Waals surface area contributed by atoms with Crippen molar-refractivity contribution in [2.75, 3.05) is 18.3 Å². The van der Waals surface area contributed by atoms with Crippen molar-refractivity contribution in [3.63, 3.8) is 0 Å². The lowest BCUT2D eigenvalue weighted by Gasteiger charge is -2.00. The van der Waals surface area contributed by atoms with Crippen LogP contribution < -0.4 is 10.1 Å². The van der Waals surface area contributed by atoms with Gasteiger partial charge in [0, 0.05) is 5.38 Å². The van der Waals surface area contributed by atoms with Gasteiger partial charge in [0.05, 0.1) is 7.11 Å². The number of halogens is 1. The van der Waals surface area contributed by atoms with Gasteiger partial charge in [-0.3, -0.25) is 4.79 Å². The number of nitrogens with zero attached hydrogens (tertiary/aromatic N) is 1. The number of alkyl halides is 1. The molecule has 0 aliphatic carbocycles. The second-order valence-electron chi connectivity index (χ2n) is 1.92. The summed E-state index contributed by atoms with van der Waals surface area (Å²) in [6.45, 7) is 0. The topological polar surface area (TPSA) is 51.2 Å². The summed E-state index contributed by atoms with van der Waals surface area (Å²) in [5.41, 5.74) is 0.563. The Morgan fingerprint density at radius 1 is 1.92 bits per heavy atom. The Morgan fingerprint density at radius 3 is 3.25 bits per heavy atom. The first-order valence-electron chi connectivity index (χ1n) is 3.12. The number of methoxy groups -OCH3 is 1. The van der Waals surface area contributed by atoms with E-state index in [4.69, 9.17) is 16.3 Å². The van der Waals surface area contributed by atoms with Gasteiger partial charge in [-0.05, 0) is 11.5 Å². The van der Waals surface area contributed by atoms with E-state index in [1.807, 2.05) is 0 Å². The van der Waals surface area contributed by atoms with Gasteiger partial charge in [0.2, 0.25) is 11.8 Å². The molecule has 0 radical (unpaired) electrons. The highest BCUT2D eigenvalue weighted by Gasteiger charge is 2.08. The Kier molecular flexibility index (Phi) is 3.31. The zero-order chi connectivity index (χ0) is 8.97. The molecule has 0 aliphatic heterocycles. The molecule has 6 heteroatoms. The quantitative estimate of drug-likeness (QED) is 0.760. The van der Waals surface area contributed by atoms with Crippen molar-refractivity contribution >= 4 is 34.7 Å². The minimum Gasteiger partial charge on any atom is -0.479 e. The van der Waals surface area contributed by atoms with Crippen LogP contribution in [0.15, 0.2) is 5.38 Å². The number of amides is 1. The molecule has 1 heterocycles. The first-order valence-corrected chi connectivity index (χ1v) is 4.49. The SMILES string of the molecule is COc1nscc1NC(=O)CCl. The predicted molar refractivity (Wildman–Crippen MR) is 48.0 cm³/mol. The van der Waals surface area contributed by atoms with Crippen LogP contribution >= 0.6 is 23.1 Å². The van der Waals surface area contributed by atoms with Crippen molar-refractivity contribution < 1.29 is 9.53 Å². The van der Waals surface area contributed by atoms with E-state index >= 15 is 0 Å². The Labute approximate surface area is 78.7 Å². The lowest BCUT2D eigenvalue weighted by Crippen LogP contribution is -2.12. The van der Waals surface area contributed by atoms with Crippen LogP contribution in [0.25, 0.3) is 0 Å². The number of anilines is 1. The third-order valence-electron chi connectivity index (χ3n) is 1.13. The van der Waals surface area contributed by atoms with Crippen molar-refractivity contribution in [3.05, 3.63) is 5.38 Å². The highest BCUT2D eigenvalue weighted by Crippen LogP contribution is 2.24. The summed E-state index contributed by atoms with van der Waals surface area (Å²) >= 11 is 6.51. The van der Waals surface area contributed by atoms with Gasteiger partial charge >= 0.3 is 0 Å². The lowest BCUT2D eigenvalue weighted by molar-refractivity contribution is -0.113. The molecule has 4 nitrogen and oxygen atoms in total. The third kappa shape index (κ3) is 2.09. The predicted octanol–water partition coefficient (Wildman–Crippen LogP) is 1.33. The molecule has 1 rings (SSSR count). The average molecular weight is 207 g/mol. The van der Waals surface area contributed by atoms with Crippen molar-refractivity contribution in [2.24, 2.45) is 0 Å². The van der Waals surface area contributed by atoms with Crippen LogP contribution in [0, 0.1) is 0 Å². The summed E-state index contributed by atoms with van der Waals surface area (Å²) in [7, 11) is 1.49. The van der Waals surface area contributed by atoms with Gasteiger partial charge in [0.25, 0.3) is 0 Å². The summed E-state index contributed by atoms with van der Waals surface area (Å²) in [6, 6.07) is 0. The zero-order valence-electron chi connectivity index (χ0n) is 6.33. The summed E-state index contributed by atoms with van der Waals surface area (Å²) in [6.07, 6.45) is 0. The standard InChI is InChI=1S/C6H7ClN2O2S/c1-11-6-4(3-12-9-6)8-5(10)2-7/h3H,2H2,1H3,(H,8,10). The molecule has 0 aromatic carbocycles. The lowest BCUT2D eigenvalue weighted by atomic mass is 10.5. The maximum absolute atomic E-state index is 10.8. The molecule has 1 amide bonds. The molecule has 66 valence electrons. The zero-order valence-corrected chi connectivity index (χ0v) is 7.91. The molecule has 0 atom stereocenters. The number of aromatic nitrogens is 1. The molecule has 1 N–H and O–H groups in total. The molecule has 0 saturated heterocycles. The van der Waals surface area contributed by atoms with Crippen LogP contribution in [0.3, 0.4) is 0 Å². The summed E-state index contributed by atoms with van der Waals surface area (Å²) in [5.74, 6) is 0.0764. The van der Waals surface area contributed by atoms with Crippen LogP contribution in [-0.2, 0) is 4.79 Å². The largest absolute Gasteiger partial charge is 0.479 e. The maximum Gasteiger partial charge on any atom is 0.249 e. The van der Waals surface area contributed by atoms with Gasteiger partial charge in [-0.2, -0.15) is 4.37 Å². The Morgan fingerprint density at radius 2 is 2.67 bits per heavy atom. The van der Waals surface area contributed by atoms with E-state index in [1.165, 1.54) is 18.6 Å². The first kappa shape index (κ1) is 9.28. The van der Waals surface area contributed by atoms with E-state index < -0.39 is 0 Å². The highest BCUT2D eigenvalue weighted by molar-refractivity contribution is 7.04. The van der Waals surface area contributed by atoms with Crippen molar-refractivity contribution in [2.45, 2.75) is 0 Å². The Balaban J connectivity index is 2.68. The molecule has 0 saturated carbocycles. The molecule has 0 spiro atoms. The molecule has 0 unspecified atom stereocenters. The number of hydrogen-bond acceptors (Lipinski definition) is 4. The van der Waals surface area contributed by atoms with E-state index in [-0.39, 0.29) is 11.8 Å². The van der Waals surface area contributed by atoms with Gasteiger partial charge in [-0.15, -0.1) is 11.6 Å². The Bertz CT molecular complexity index is 276. The summed E-state index contributed by atoms with van der Waals surface area (Å²) in [5, 5.41) is 4.23. The van der Waals surface area contributed by atoms with Crippen LogP contribution in [0.2, 0.25) is 0 Å². The summed E-state index contributed by atoms with van der Waals surface area (Å²) < 4.78 is 8.76. The van der Waals surface area contributed by atoms with Crippen LogP contribution in [0.5, 0.6) is 5.88 Å². The number of ether oxygens (including phenoxy) is 1. The number of carbonyl (C=O) groups is 1. The number of nitrogens with one attached hydrogen (secondary N) is 1. The van der Waals surface area contributed by atoms with Crippen molar-refractivity contribution in [3.8, 4) is 5.88 Å². The first-order chi connectivity index (χ1) is 5.77. The van der Waals surface area contributed by atoms with Gasteiger partial charge in [-0.1, -0.05) is 0 Å². The van der Waals surface area contributed by atoms with Gasteiger partial charge < -0.3 is 10.1 Å². The monoisotopic (exact) mass is 206 g/mol. The van der Waals surface area contributed by atoms with Crippen LogP contribution in [-0.4, -0.2) is 23.3 Å². The van der Waals surface area contributed by atoms with E-state index in [0.29, 0.717) is 11.6 Å². The second-order valence-corrected chi connectivity index (χ2v) is 2.82. The molecule has 1 aromatic heterocycles. The second kappa shape index (κ2) is 4.27. The fraction of sp³-hybridized carbons (Fsp3) is 0.333. The molecular formula is C6H7ClN2O2S. The molecular weight excluding hydrogens is 200 g/mol. The molecule has 1 aromatic rings. The van der Waals surface area contributed by atoms with Gasteiger partial charge in [0.1, 0.15) is 11.6 Å². The van der Waals surface area contributed by atoms with E-state index in [0.717, 1.165) is 0 Å². The number of carbonyl (C=O) groups excluding carboxylic acids is 1. The molecule has 0 bridgehead atoms. The van der Waals surface area contributed by atoms with E-state index in [9.17, 15) is 4.79 Å². The average Bonchev–Trinajstić information content (AvgIpc) is 2.51. The van der Waals surface area contributed by atoms with E-state index in [1.54, 1.807) is 5.38 Å². The summed E-state index contributed by atoms with van der Waals surface area (Å²) in [4.78, 5) is 10.8. The fourth-order valence-corrected chi connectivity index (χ4v) is 1.29. The van der Waals surface area contributed by atoms with Crippen molar-refractivity contribution in [1.29, 1.82) is 0 Å². The molecule has 0 fully saturated rings. The Hall–Kier alpha value is -0.810. The van der Waals surface area contributed by atoms with Crippen LogP contribution in [0.1, 0.15) is 0 Å². The fourth-order valence-electron chi connectivity index (χ4n) is 0.640. The maximum atomic E-state index is 10.8. The number of hydrogen-bond donors (Lipinski definition) is 1.